The van der Waals surface area contributed by atoms with E-state index < -0.39 is 10.8 Å². The highest BCUT2D eigenvalue weighted by Gasteiger charge is 1.92. The molecule has 0 saturated heterocycles. The monoisotopic (exact) mass is 154 g/mol. The standard InChI is InChI=1S/C5H11ClOS/c1-2-3-4-8(7)5-6/h2-5H2,1H3. The zero-order valence-electron chi connectivity index (χ0n) is 5.02. The van der Waals surface area contributed by atoms with Crippen molar-refractivity contribution in [1.29, 1.82) is 0 Å². The second-order valence-electron chi connectivity index (χ2n) is 1.61. The molecule has 1 atom stereocenters. The largest absolute Gasteiger partial charge is 0.258 e. The molecule has 0 aromatic heterocycles. The third-order valence-electron chi connectivity index (χ3n) is 0.847. The molecular formula is C5H11ClOS. The molecule has 50 valence electrons. The second kappa shape index (κ2) is 5.57. The number of hydrogen-bond donors (Lipinski definition) is 0. The fourth-order valence-corrected chi connectivity index (χ4v) is 1.41. The maximum absolute atomic E-state index is 10.5. The van der Waals surface area contributed by atoms with E-state index in [0.29, 0.717) is 5.21 Å². The van der Waals surface area contributed by atoms with Crippen molar-refractivity contribution < 1.29 is 4.21 Å². The summed E-state index contributed by atoms with van der Waals surface area (Å²) >= 11 is 5.29. The summed E-state index contributed by atoms with van der Waals surface area (Å²) in [6.07, 6.45) is 2.13. The first-order valence-electron chi connectivity index (χ1n) is 2.72. The molecule has 0 fully saturated rings. The van der Waals surface area contributed by atoms with Gasteiger partial charge in [0.2, 0.25) is 0 Å². The lowest BCUT2D eigenvalue weighted by Crippen LogP contribution is -1.96. The fraction of sp³-hybridized carbons (Fsp3) is 1.00. The summed E-state index contributed by atoms with van der Waals surface area (Å²) in [5.74, 6) is 0.764. The lowest BCUT2D eigenvalue weighted by atomic mass is 10.4. The topological polar surface area (TPSA) is 17.1 Å². The molecule has 0 rings (SSSR count). The van der Waals surface area contributed by atoms with Gasteiger partial charge in [-0.3, -0.25) is 4.21 Å². The lowest BCUT2D eigenvalue weighted by molar-refractivity contribution is 0.682. The molecule has 0 aliphatic carbocycles. The van der Waals surface area contributed by atoms with E-state index in [9.17, 15) is 4.21 Å². The Kier molecular flexibility index (Phi) is 5.88. The molecule has 3 heteroatoms. The number of hydrogen-bond acceptors (Lipinski definition) is 1. The summed E-state index contributed by atoms with van der Waals surface area (Å²) in [6.45, 7) is 2.07. The van der Waals surface area contributed by atoms with Gasteiger partial charge in [0.15, 0.2) is 0 Å². The molecule has 0 aliphatic heterocycles. The minimum Gasteiger partial charge on any atom is -0.258 e. The smallest absolute Gasteiger partial charge is 0.0979 e. The van der Waals surface area contributed by atoms with Gasteiger partial charge in [0.05, 0.1) is 5.21 Å². The van der Waals surface area contributed by atoms with E-state index >= 15 is 0 Å². The van der Waals surface area contributed by atoms with Crippen molar-refractivity contribution in [2.24, 2.45) is 0 Å². The van der Waals surface area contributed by atoms with Crippen LogP contribution in [-0.2, 0) is 10.8 Å². The van der Waals surface area contributed by atoms with Crippen molar-refractivity contribution in [1.82, 2.24) is 0 Å². The molecule has 0 aromatic rings. The Balaban J connectivity index is 2.99. The van der Waals surface area contributed by atoms with E-state index in [0.717, 1.165) is 18.6 Å². The van der Waals surface area contributed by atoms with Gasteiger partial charge in [-0.1, -0.05) is 13.3 Å². The van der Waals surface area contributed by atoms with Gasteiger partial charge < -0.3 is 0 Å². The van der Waals surface area contributed by atoms with Crippen LogP contribution in [0, 0.1) is 0 Å². The van der Waals surface area contributed by atoms with Crippen LogP contribution in [-0.4, -0.2) is 15.2 Å². The van der Waals surface area contributed by atoms with Crippen LogP contribution in [0.4, 0.5) is 0 Å². The second-order valence-corrected chi connectivity index (χ2v) is 3.77. The van der Waals surface area contributed by atoms with Crippen molar-refractivity contribution in [2.75, 3.05) is 11.0 Å². The van der Waals surface area contributed by atoms with Crippen molar-refractivity contribution >= 4 is 22.4 Å². The van der Waals surface area contributed by atoms with Gasteiger partial charge in [-0.05, 0) is 6.42 Å². The Labute approximate surface area is 57.9 Å². The minimum atomic E-state index is -0.761. The molecule has 1 nitrogen and oxygen atoms in total. The van der Waals surface area contributed by atoms with Gasteiger partial charge in [-0.25, -0.2) is 0 Å². The van der Waals surface area contributed by atoms with Gasteiger partial charge in [-0.15, -0.1) is 11.6 Å². The lowest BCUT2D eigenvalue weighted by Gasteiger charge is -1.91. The van der Waals surface area contributed by atoms with Crippen LogP contribution in [0.3, 0.4) is 0 Å². The number of rotatable bonds is 4. The van der Waals surface area contributed by atoms with Crippen molar-refractivity contribution in [3.63, 3.8) is 0 Å². The fourth-order valence-electron chi connectivity index (χ4n) is 0.360. The third kappa shape index (κ3) is 4.60. The van der Waals surface area contributed by atoms with E-state index in [4.69, 9.17) is 11.6 Å². The maximum atomic E-state index is 10.5. The van der Waals surface area contributed by atoms with E-state index in [1.807, 2.05) is 0 Å². The van der Waals surface area contributed by atoms with Crippen LogP contribution < -0.4 is 0 Å². The van der Waals surface area contributed by atoms with Crippen LogP contribution in [0.25, 0.3) is 0 Å². The predicted molar refractivity (Wildman–Crippen MR) is 38.6 cm³/mol. The minimum absolute atomic E-state index is 0.292. The van der Waals surface area contributed by atoms with Crippen molar-refractivity contribution in [2.45, 2.75) is 19.8 Å². The van der Waals surface area contributed by atoms with Crippen LogP contribution in [0.1, 0.15) is 19.8 Å². The highest BCUT2D eigenvalue weighted by Crippen LogP contribution is 1.92. The Morgan fingerprint density at radius 2 is 2.25 bits per heavy atom. The molecule has 0 saturated carbocycles. The highest BCUT2D eigenvalue weighted by atomic mass is 35.5. The summed E-state index contributed by atoms with van der Waals surface area (Å²) in [5.41, 5.74) is 0. The van der Waals surface area contributed by atoms with Gasteiger partial charge in [0.25, 0.3) is 0 Å². The Morgan fingerprint density at radius 1 is 1.62 bits per heavy atom. The summed E-state index contributed by atoms with van der Waals surface area (Å²) in [6, 6.07) is 0. The molecule has 0 bridgehead atoms. The van der Waals surface area contributed by atoms with E-state index in [1.54, 1.807) is 0 Å². The van der Waals surface area contributed by atoms with Gasteiger partial charge in [0, 0.05) is 16.6 Å². The first-order chi connectivity index (χ1) is 3.81. The van der Waals surface area contributed by atoms with E-state index in [-0.39, 0.29) is 0 Å². The van der Waals surface area contributed by atoms with Gasteiger partial charge in [0.1, 0.15) is 0 Å². The summed E-state index contributed by atoms with van der Waals surface area (Å²) < 4.78 is 10.5. The normalized spacial score (nSPS) is 13.8. The zero-order chi connectivity index (χ0) is 6.41. The molecule has 0 aromatic carbocycles. The first-order valence-corrected chi connectivity index (χ1v) is 4.74. The molecular weight excluding hydrogens is 144 g/mol. The van der Waals surface area contributed by atoms with Crippen molar-refractivity contribution in [3.05, 3.63) is 0 Å². The first kappa shape index (κ1) is 8.44. The summed E-state index contributed by atoms with van der Waals surface area (Å²) in [5, 5.41) is 0.292. The summed E-state index contributed by atoms with van der Waals surface area (Å²) in [7, 11) is -0.761. The third-order valence-corrected chi connectivity index (χ3v) is 2.56. The molecule has 1 unspecified atom stereocenters. The van der Waals surface area contributed by atoms with Crippen LogP contribution in [0.2, 0.25) is 0 Å². The molecule has 0 radical (unpaired) electrons. The predicted octanol–water partition coefficient (Wildman–Crippen LogP) is 1.73. The molecule has 0 amide bonds. The maximum Gasteiger partial charge on any atom is 0.0979 e. The SMILES string of the molecule is CCCCS(=O)CCl. The zero-order valence-corrected chi connectivity index (χ0v) is 6.60. The molecule has 0 spiro atoms. The van der Waals surface area contributed by atoms with Crippen LogP contribution >= 0.6 is 11.6 Å². The number of unbranched alkanes of at least 4 members (excludes halogenated alkanes) is 1. The Bertz CT molecular complexity index is 74.8. The van der Waals surface area contributed by atoms with E-state index in [2.05, 4.69) is 6.92 Å². The highest BCUT2D eigenvalue weighted by molar-refractivity contribution is 7.86. The number of halogens is 1. The molecule has 0 aliphatic rings. The molecule has 0 heterocycles. The average Bonchev–Trinajstić information content (AvgIpc) is 1.83. The molecule has 8 heavy (non-hydrogen) atoms. The number of alkyl halides is 1. The van der Waals surface area contributed by atoms with Crippen molar-refractivity contribution in [3.8, 4) is 0 Å². The summed E-state index contributed by atoms with van der Waals surface area (Å²) in [4.78, 5) is 0. The van der Waals surface area contributed by atoms with Gasteiger partial charge >= 0.3 is 0 Å². The molecule has 0 N–H and O–H groups in total. The Morgan fingerprint density at radius 3 is 2.62 bits per heavy atom. The van der Waals surface area contributed by atoms with E-state index in [1.165, 1.54) is 0 Å². The van der Waals surface area contributed by atoms with Crippen LogP contribution in [0.15, 0.2) is 0 Å². The quantitative estimate of drug-likeness (QED) is 0.564. The average molecular weight is 155 g/mol. The van der Waals surface area contributed by atoms with Crippen LogP contribution in [0.5, 0.6) is 0 Å². The van der Waals surface area contributed by atoms with Gasteiger partial charge in [-0.2, -0.15) is 0 Å². The Hall–Kier alpha value is 0.440.